The number of esters is 1. The third-order valence-electron chi connectivity index (χ3n) is 2.07. The predicted molar refractivity (Wildman–Crippen MR) is 66.9 cm³/mol. The van der Waals surface area contributed by atoms with E-state index < -0.39 is 10.1 Å². The molecule has 0 saturated heterocycles. The molecule has 1 rings (SSSR count). The number of hydrogen-bond acceptors (Lipinski definition) is 5. The Kier molecular flexibility index (Phi) is 5.30. The molecule has 0 aliphatic rings. The maximum atomic E-state index is 10.8. The van der Waals surface area contributed by atoms with Crippen LogP contribution < -0.4 is 4.74 Å². The molecular weight excluding hydrogens is 256 g/mol. The summed E-state index contributed by atoms with van der Waals surface area (Å²) in [6.07, 6.45) is 2.26. The molecular formula is C12H16O5S. The second-order valence-corrected chi connectivity index (χ2v) is 5.51. The summed E-state index contributed by atoms with van der Waals surface area (Å²) in [6, 6.07) is 7.11. The van der Waals surface area contributed by atoms with Gasteiger partial charge in [-0.3, -0.25) is 8.98 Å². The molecule has 0 saturated carbocycles. The molecule has 0 atom stereocenters. The highest BCUT2D eigenvalue weighted by Crippen LogP contribution is 2.14. The highest BCUT2D eigenvalue weighted by Gasteiger charge is 2.03. The van der Waals surface area contributed by atoms with Crippen LogP contribution in [0.2, 0.25) is 0 Å². The average Bonchev–Trinajstić information content (AvgIpc) is 2.23. The van der Waals surface area contributed by atoms with Gasteiger partial charge in [0.05, 0.1) is 12.9 Å². The summed E-state index contributed by atoms with van der Waals surface area (Å²) >= 11 is 0. The molecule has 6 heteroatoms. The maximum Gasteiger partial charge on any atom is 0.308 e. The molecule has 0 fully saturated rings. The SMILES string of the molecule is CC(=O)Oc1cccc(CCCOS(C)(=O)=O)c1. The van der Waals surface area contributed by atoms with Crippen LogP contribution >= 0.6 is 0 Å². The molecule has 0 heterocycles. The van der Waals surface area contributed by atoms with Gasteiger partial charge >= 0.3 is 5.97 Å². The van der Waals surface area contributed by atoms with E-state index in [4.69, 9.17) is 4.74 Å². The van der Waals surface area contributed by atoms with Gasteiger partial charge in [0.1, 0.15) is 5.75 Å². The van der Waals surface area contributed by atoms with Gasteiger partial charge in [0.2, 0.25) is 0 Å². The van der Waals surface area contributed by atoms with Crippen molar-refractivity contribution < 1.29 is 22.1 Å². The number of benzene rings is 1. The van der Waals surface area contributed by atoms with E-state index in [1.54, 1.807) is 18.2 Å². The Morgan fingerprint density at radius 3 is 2.67 bits per heavy atom. The Morgan fingerprint density at radius 2 is 2.06 bits per heavy atom. The van der Waals surface area contributed by atoms with E-state index in [-0.39, 0.29) is 12.6 Å². The van der Waals surface area contributed by atoms with Crippen molar-refractivity contribution in [2.45, 2.75) is 19.8 Å². The highest BCUT2D eigenvalue weighted by molar-refractivity contribution is 7.85. The highest BCUT2D eigenvalue weighted by atomic mass is 32.2. The fourth-order valence-electron chi connectivity index (χ4n) is 1.42. The smallest absolute Gasteiger partial charge is 0.308 e. The largest absolute Gasteiger partial charge is 0.427 e. The first kappa shape index (κ1) is 14.7. The summed E-state index contributed by atoms with van der Waals surface area (Å²) in [6.45, 7) is 1.49. The van der Waals surface area contributed by atoms with Gasteiger partial charge < -0.3 is 4.74 Å². The molecule has 0 aromatic heterocycles. The molecule has 0 radical (unpaired) electrons. The minimum Gasteiger partial charge on any atom is -0.427 e. The van der Waals surface area contributed by atoms with Gasteiger partial charge in [-0.15, -0.1) is 0 Å². The Balaban J connectivity index is 2.45. The predicted octanol–water partition coefficient (Wildman–Crippen LogP) is 1.52. The minimum absolute atomic E-state index is 0.149. The Bertz CT molecular complexity index is 507. The van der Waals surface area contributed by atoms with Crippen molar-refractivity contribution in [2.75, 3.05) is 12.9 Å². The van der Waals surface area contributed by atoms with Crippen LogP contribution in [0.5, 0.6) is 5.75 Å². The Hall–Kier alpha value is -1.40. The Labute approximate surface area is 107 Å². The van der Waals surface area contributed by atoms with Crippen molar-refractivity contribution in [3.05, 3.63) is 29.8 Å². The molecule has 5 nitrogen and oxygen atoms in total. The third-order valence-corrected chi connectivity index (χ3v) is 2.66. The van der Waals surface area contributed by atoms with Crippen molar-refractivity contribution in [2.24, 2.45) is 0 Å². The quantitative estimate of drug-likeness (QED) is 0.340. The van der Waals surface area contributed by atoms with Gasteiger partial charge in [-0.1, -0.05) is 12.1 Å². The molecule has 0 aliphatic carbocycles. The zero-order valence-electron chi connectivity index (χ0n) is 10.4. The van der Waals surface area contributed by atoms with Crippen LogP contribution in [0.15, 0.2) is 24.3 Å². The lowest BCUT2D eigenvalue weighted by atomic mass is 10.1. The van der Waals surface area contributed by atoms with E-state index in [0.29, 0.717) is 18.6 Å². The van der Waals surface area contributed by atoms with Gasteiger partial charge in [0.15, 0.2) is 0 Å². The second kappa shape index (κ2) is 6.51. The van der Waals surface area contributed by atoms with Crippen LogP contribution in [0.25, 0.3) is 0 Å². The number of carbonyl (C=O) groups excluding carboxylic acids is 1. The first-order chi connectivity index (χ1) is 8.37. The molecule has 18 heavy (non-hydrogen) atoms. The number of carbonyl (C=O) groups is 1. The van der Waals surface area contributed by atoms with E-state index in [2.05, 4.69) is 4.18 Å². The molecule has 0 bridgehead atoms. The summed E-state index contributed by atoms with van der Waals surface area (Å²) < 4.78 is 31.1. The summed E-state index contributed by atoms with van der Waals surface area (Å²) in [5, 5.41) is 0. The van der Waals surface area contributed by atoms with Gasteiger partial charge in [-0.05, 0) is 30.5 Å². The first-order valence-electron chi connectivity index (χ1n) is 5.48. The van der Waals surface area contributed by atoms with Crippen LogP contribution in [0.4, 0.5) is 0 Å². The summed E-state index contributed by atoms with van der Waals surface area (Å²) in [7, 11) is -3.37. The van der Waals surface area contributed by atoms with Gasteiger partial charge in [-0.25, -0.2) is 0 Å². The molecule has 1 aromatic carbocycles. The Morgan fingerprint density at radius 1 is 1.33 bits per heavy atom. The zero-order chi connectivity index (χ0) is 13.6. The lowest BCUT2D eigenvalue weighted by Crippen LogP contribution is -2.05. The van der Waals surface area contributed by atoms with E-state index in [9.17, 15) is 13.2 Å². The maximum absolute atomic E-state index is 10.8. The van der Waals surface area contributed by atoms with Crippen LogP contribution in [0.3, 0.4) is 0 Å². The zero-order valence-corrected chi connectivity index (χ0v) is 11.2. The van der Waals surface area contributed by atoms with Gasteiger partial charge in [-0.2, -0.15) is 8.42 Å². The lowest BCUT2D eigenvalue weighted by Gasteiger charge is -2.05. The normalized spacial score (nSPS) is 11.2. The van der Waals surface area contributed by atoms with Crippen molar-refractivity contribution in [1.29, 1.82) is 0 Å². The van der Waals surface area contributed by atoms with Crippen molar-refractivity contribution in [1.82, 2.24) is 0 Å². The number of rotatable bonds is 6. The van der Waals surface area contributed by atoms with Crippen LogP contribution in [0, 0.1) is 0 Å². The number of hydrogen-bond donors (Lipinski definition) is 0. The summed E-state index contributed by atoms with van der Waals surface area (Å²) in [5.74, 6) is 0.122. The molecule has 0 amide bonds. The third kappa shape index (κ3) is 6.36. The van der Waals surface area contributed by atoms with Crippen molar-refractivity contribution >= 4 is 16.1 Å². The number of ether oxygens (including phenoxy) is 1. The van der Waals surface area contributed by atoms with Gasteiger partial charge in [0, 0.05) is 6.92 Å². The fraction of sp³-hybridized carbons (Fsp3) is 0.417. The topological polar surface area (TPSA) is 69.7 Å². The second-order valence-electron chi connectivity index (χ2n) is 3.87. The van der Waals surface area contributed by atoms with Crippen molar-refractivity contribution in [3.63, 3.8) is 0 Å². The van der Waals surface area contributed by atoms with E-state index >= 15 is 0 Å². The minimum atomic E-state index is -3.37. The van der Waals surface area contributed by atoms with Crippen LogP contribution in [-0.2, 0) is 25.5 Å². The van der Waals surface area contributed by atoms with E-state index in [0.717, 1.165) is 11.8 Å². The monoisotopic (exact) mass is 272 g/mol. The van der Waals surface area contributed by atoms with E-state index in [1.807, 2.05) is 6.07 Å². The average molecular weight is 272 g/mol. The first-order valence-corrected chi connectivity index (χ1v) is 7.30. The molecule has 0 unspecified atom stereocenters. The van der Waals surface area contributed by atoms with Crippen LogP contribution in [0.1, 0.15) is 18.9 Å². The molecule has 0 spiro atoms. The van der Waals surface area contributed by atoms with Crippen LogP contribution in [-0.4, -0.2) is 27.2 Å². The molecule has 0 aliphatic heterocycles. The van der Waals surface area contributed by atoms with Gasteiger partial charge in [0.25, 0.3) is 10.1 Å². The lowest BCUT2D eigenvalue weighted by molar-refractivity contribution is -0.131. The number of aryl methyl sites for hydroxylation is 1. The van der Waals surface area contributed by atoms with E-state index in [1.165, 1.54) is 6.92 Å². The fourth-order valence-corrected chi connectivity index (χ4v) is 1.84. The summed E-state index contributed by atoms with van der Waals surface area (Å²) in [4.78, 5) is 10.8. The summed E-state index contributed by atoms with van der Waals surface area (Å²) in [5.41, 5.74) is 0.964. The van der Waals surface area contributed by atoms with Crippen molar-refractivity contribution in [3.8, 4) is 5.75 Å². The molecule has 0 N–H and O–H groups in total. The standard InChI is InChI=1S/C12H16O5S/c1-10(13)17-12-7-3-5-11(9-12)6-4-8-16-18(2,14)15/h3,5,7,9H,4,6,8H2,1-2H3. The molecule has 100 valence electrons. The molecule has 1 aromatic rings.